The molecule has 1 atom stereocenters. The largest absolute Gasteiger partial charge is 0.379 e. The second kappa shape index (κ2) is 4.94. The molecule has 2 rings (SSSR count). The molecule has 1 saturated carbocycles. The lowest BCUT2D eigenvalue weighted by molar-refractivity contribution is -0.134. The van der Waals surface area contributed by atoms with E-state index in [9.17, 15) is 4.79 Å². The average Bonchev–Trinajstić information content (AvgIpc) is 2.79. The molecular weight excluding hydrogens is 216 g/mol. The third-order valence-electron chi connectivity index (χ3n) is 4.29. The summed E-state index contributed by atoms with van der Waals surface area (Å²) in [7, 11) is 0. The Morgan fingerprint density at radius 1 is 1.29 bits per heavy atom. The molecule has 4 nitrogen and oxygen atoms in total. The van der Waals surface area contributed by atoms with Crippen LogP contribution in [0.1, 0.15) is 45.4 Å². The molecule has 0 aromatic rings. The fourth-order valence-electron chi connectivity index (χ4n) is 3.01. The molecule has 98 valence electrons. The summed E-state index contributed by atoms with van der Waals surface area (Å²) in [6.07, 6.45) is 6.14. The van der Waals surface area contributed by atoms with Crippen molar-refractivity contribution in [2.45, 2.75) is 51.0 Å². The number of carbonyl (C=O) groups is 1. The van der Waals surface area contributed by atoms with Gasteiger partial charge in [-0.3, -0.25) is 4.79 Å². The molecule has 1 aliphatic carbocycles. The lowest BCUT2D eigenvalue weighted by atomic mass is 9.83. The number of nitrogens with two attached hydrogens (primary N) is 1. The monoisotopic (exact) mass is 240 g/mol. The van der Waals surface area contributed by atoms with Crippen molar-refractivity contribution in [3.8, 4) is 0 Å². The first-order chi connectivity index (χ1) is 8.10. The van der Waals surface area contributed by atoms with E-state index in [1.165, 1.54) is 0 Å². The van der Waals surface area contributed by atoms with E-state index in [0.29, 0.717) is 13.2 Å². The Morgan fingerprint density at radius 3 is 2.53 bits per heavy atom. The van der Waals surface area contributed by atoms with Gasteiger partial charge in [0.05, 0.1) is 17.6 Å². The standard InChI is InChI=1S/C13H24N2O2/c1-12(5-4-8-17-10-12)15-11(16)13(9-14)6-2-3-7-13/h2-10,14H2,1H3,(H,15,16). The molecule has 0 aromatic heterocycles. The summed E-state index contributed by atoms with van der Waals surface area (Å²) < 4.78 is 5.47. The minimum atomic E-state index is -0.305. The van der Waals surface area contributed by atoms with Crippen molar-refractivity contribution < 1.29 is 9.53 Å². The summed E-state index contributed by atoms with van der Waals surface area (Å²) in [5.74, 6) is 0.144. The molecule has 1 heterocycles. The fraction of sp³-hybridized carbons (Fsp3) is 0.923. The van der Waals surface area contributed by atoms with Crippen LogP contribution in [0.5, 0.6) is 0 Å². The number of hydrogen-bond donors (Lipinski definition) is 2. The minimum Gasteiger partial charge on any atom is -0.379 e. The van der Waals surface area contributed by atoms with Crippen molar-refractivity contribution >= 4 is 5.91 Å². The normalized spacial score (nSPS) is 32.4. The van der Waals surface area contributed by atoms with Crippen LogP contribution in [-0.4, -0.2) is 31.2 Å². The lowest BCUT2D eigenvalue weighted by Gasteiger charge is -2.38. The molecule has 17 heavy (non-hydrogen) atoms. The lowest BCUT2D eigenvalue weighted by Crippen LogP contribution is -2.56. The van der Waals surface area contributed by atoms with Crippen LogP contribution in [0.25, 0.3) is 0 Å². The Labute approximate surface area is 103 Å². The number of rotatable bonds is 3. The molecule has 0 spiro atoms. The third-order valence-corrected chi connectivity index (χ3v) is 4.29. The van der Waals surface area contributed by atoms with Crippen LogP contribution in [0.4, 0.5) is 0 Å². The highest BCUT2D eigenvalue weighted by atomic mass is 16.5. The van der Waals surface area contributed by atoms with Crippen LogP contribution in [-0.2, 0) is 9.53 Å². The van der Waals surface area contributed by atoms with Gasteiger partial charge in [-0.05, 0) is 32.6 Å². The Balaban J connectivity index is 1.99. The number of nitrogens with one attached hydrogen (secondary N) is 1. The van der Waals surface area contributed by atoms with Crippen LogP contribution in [0.3, 0.4) is 0 Å². The topological polar surface area (TPSA) is 64.4 Å². The van der Waals surface area contributed by atoms with Gasteiger partial charge in [0, 0.05) is 13.2 Å². The maximum Gasteiger partial charge on any atom is 0.227 e. The highest BCUT2D eigenvalue weighted by molar-refractivity contribution is 5.83. The van der Waals surface area contributed by atoms with Crippen molar-refractivity contribution in [2.75, 3.05) is 19.8 Å². The quantitative estimate of drug-likeness (QED) is 0.779. The Hall–Kier alpha value is -0.610. The summed E-state index contributed by atoms with van der Waals surface area (Å²) in [6.45, 7) is 3.98. The van der Waals surface area contributed by atoms with Crippen molar-refractivity contribution in [1.82, 2.24) is 5.32 Å². The summed E-state index contributed by atoms with van der Waals surface area (Å²) in [4.78, 5) is 12.4. The highest BCUT2D eigenvalue weighted by Crippen LogP contribution is 2.38. The number of ether oxygens (including phenoxy) is 1. The Bertz CT molecular complexity index is 279. The molecule has 0 aromatic carbocycles. The molecule has 1 saturated heterocycles. The first-order valence-corrected chi connectivity index (χ1v) is 6.71. The van der Waals surface area contributed by atoms with E-state index in [2.05, 4.69) is 12.2 Å². The van der Waals surface area contributed by atoms with Crippen LogP contribution < -0.4 is 11.1 Å². The van der Waals surface area contributed by atoms with Crippen molar-refractivity contribution in [3.63, 3.8) is 0 Å². The zero-order valence-corrected chi connectivity index (χ0v) is 10.8. The van der Waals surface area contributed by atoms with E-state index < -0.39 is 0 Å². The van der Waals surface area contributed by atoms with E-state index in [-0.39, 0.29) is 16.9 Å². The molecule has 1 unspecified atom stereocenters. The zero-order valence-electron chi connectivity index (χ0n) is 10.8. The number of hydrogen-bond acceptors (Lipinski definition) is 3. The van der Waals surface area contributed by atoms with Gasteiger partial charge in [-0.25, -0.2) is 0 Å². The van der Waals surface area contributed by atoms with Crippen LogP contribution in [0.15, 0.2) is 0 Å². The molecule has 1 aliphatic heterocycles. The maximum absolute atomic E-state index is 12.4. The van der Waals surface area contributed by atoms with Gasteiger partial charge in [-0.15, -0.1) is 0 Å². The molecule has 1 amide bonds. The van der Waals surface area contributed by atoms with Gasteiger partial charge in [0.2, 0.25) is 5.91 Å². The highest BCUT2D eigenvalue weighted by Gasteiger charge is 2.42. The average molecular weight is 240 g/mol. The summed E-state index contributed by atoms with van der Waals surface area (Å²) in [5, 5.41) is 3.18. The van der Waals surface area contributed by atoms with Crippen molar-refractivity contribution in [3.05, 3.63) is 0 Å². The van der Waals surface area contributed by atoms with Crippen molar-refractivity contribution in [2.24, 2.45) is 11.1 Å². The first kappa shape index (κ1) is 12.8. The predicted molar refractivity (Wildman–Crippen MR) is 66.6 cm³/mol. The molecular formula is C13H24N2O2. The second-order valence-electron chi connectivity index (χ2n) is 5.86. The smallest absolute Gasteiger partial charge is 0.227 e. The third kappa shape index (κ3) is 2.63. The first-order valence-electron chi connectivity index (χ1n) is 6.71. The summed E-state index contributed by atoms with van der Waals surface area (Å²) >= 11 is 0. The Morgan fingerprint density at radius 2 is 2.00 bits per heavy atom. The molecule has 3 N–H and O–H groups in total. The molecule has 0 radical (unpaired) electrons. The summed E-state index contributed by atoms with van der Waals surface area (Å²) in [5.41, 5.74) is 5.33. The number of amides is 1. The van der Waals surface area contributed by atoms with Crippen LogP contribution >= 0.6 is 0 Å². The van der Waals surface area contributed by atoms with Gasteiger partial charge in [-0.1, -0.05) is 12.8 Å². The SMILES string of the molecule is CC1(NC(=O)C2(CN)CCCC2)CCCOC1. The van der Waals surface area contributed by atoms with E-state index in [4.69, 9.17) is 10.5 Å². The van der Waals surface area contributed by atoms with Gasteiger partial charge < -0.3 is 15.8 Å². The van der Waals surface area contributed by atoms with Gasteiger partial charge in [0.25, 0.3) is 0 Å². The predicted octanol–water partition coefficient (Wildman–Crippen LogP) is 1.19. The van der Waals surface area contributed by atoms with Gasteiger partial charge in [0.1, 0.15) is 0 Å². The molecule has 4 heteroatoms. The Kier molecular flexibility index (Phi) is 3.73. The zero-order chi connectivity index (χ0) is 12.4. The van der Waals surface area contributed by atoms with Gasteiger partial charge in [0.15, 0.2) is 0 Å². The minimum absolute atomic E-state index is 0.144. The van der Waals surface area contributed by atoms with Crippen LogP contribution in [0.2, 0.25) is 0 Å². The van der Waals surface area contributed by atoms with E-state index >= 15 is 0 Å². The molecule has 2 fully saturated rings. The van der Waals surface area contributed by atoms with Crippen molar-refractivity contribution in [1.29, 1.82) is 0 Å². The van der Waals surface area contributed by atoms with E-state index in [1.54, 1.807) is 0 Å². The molecule has 0 bridgehead atoms. The fourth-order valence-corrected chi connectivity index (χ4v) is 3.01. The van der Waals surface area contributed by atoms with Crippen LogP contribution in [0, 0.1) is 5.41 Å². The van der Waals surface area contributed by atoms with E-state index in [0.717, 1.165) is 45.1 Å². The summed E-state index contributed by atoms with van der Waals surface area (Å²) in [6, 6.07) is 0. The number of carbonyl (C=O) groups excluding carboxylic acids is 1. The van der Waals surface area contributed by atoms with Gasteiger partial charge in [-0.2, -0.15) is 0 Å². The molecule has 2 aliphatic rings. The van der Waals surface area contributed by atoms with Gasteiger partial charge >= 0.3 is 0 Å². The second-order valence-corrected chi connectivity index (χ2v) is 5.86. The van der Waals surface area contributed by atoms with E-state index in [1.807, 2.05) is 0 Å². The maximum atomic E-state index is 12.4.